The van der Waals surface area contributed by atoms with Gasteiger partial charge < -0.3 is 15.0 Å². The van der Waals surface area contributed by atoms with Crippen molar-refractivity contribution in [2.45, 2.75) is 26.0 Å². The van der Waals surface area contributed by atoms with Crippen LogP contribution in [0.4, 0.5) is 0 Å². The van der Waals surface area contributed by atoms with Crippen molar-refractivity contribution in [3.05, 3.63) is 105 Å². The van der Waals surface area contributed by atoms with Crippen LogP contribution in [0.1, 0.15) is 23.4 Å². The molecular weight excluding hydrogens is 454 g/mol. The Morgan fingerprint density at radius 1 is 1.00 bits per heavy atom. The third-order valence-electron chi connectivity index (χ3n) is 5.03. The van der Waals surface area contributed by atoms with Crippen molar-refractivity contribution >= 4 is 17.5 Å². The number of nitrogens with one attached hydrogen (secondary N) is 2. The second kappa shape index (κ2) is 11.2. The minimum Gasteiger partial charge on any atom is -0.489 e. The summed E-state index contributed by atoms with van der Waals surface area (Å²) in [4.78, 5) is 31.4. The van der Waals surface area contributed by atoms with Crippen molar-refractivity contribution in [1.29, 1.82) is 0 Å². The topological polar surface area (TPSA) is 110 Å². The van der Waals surface area contributed by atoms with Crippen molar-refractivity contribution in [2.24, 2.45) is 0 Å². The normalized spacial score (nSPS) is 10.6. The summed E-state index contributed by atoms with van der Waals surface area (Å²) in [7, 11) is 0. The SMILES string of the molecule is O=C(CCc1nnc(-c2ccc(OCc3ccccc3Cl)cc2)[nH]c1=O)NCc1ccccn1. The zero-order valence-corrected chi connectivity index (χ0v) is 19.0. The number of aromatic amines is 1. The molecule has 0 aliphatic carbocycles. The van der Waals surface area contributed by atoms with E-state index < -0.39 is 0 Å². The van der Waals surface area contributed by atoms with Crippen molar-refractivity contribution in [2.75, 3.05) is 0 Å². The van der Waals surface area contributed by atoms with E-state index in [-0.39, 0.29) is 30.0 Å². The number of benzene rings is 2. The predicted molar refractivity (Wildman–Crippen MR) is 128 cm³/mol. The molecule has 0 aliphatic heterocycles. The maximum absolute atomic E-state index is 12.4. The van der Waals surface area contributed by atoms with Gasteiger partial charge in [-0.05, 0) is 42.5 Å². The number of pyridine rings is 1. The zero-order valence-electron chi connectivity index (χ0n) is 18.2. The van der Waals surface area contributed by atoms with E-state index in [9.17, 15) is 9.59 Å². The van der Waals surface area contributed by atoms with Gasteiger partial charge in [0.15, 0.2) is 5.82 Å². The Hall–Kier alpha value is -4.04. The smallest absolute Gasteiger partial charge is 0.273 e. The fourth-order valence-electron chi connectivity index (χ4n) is 3.15. The number of nitrogens with zero attached hydrogens (tertiary/aromatic N) is 3. The molecule has 0 bridgehead atoms. The van der Waals surface area contributed by atoms with E-state index in [0.717, 1.165) is 11.3 Å². The molecule has 9 heteroatoms. The fourth-order valence-corrected chi connectivity index (χ4v) is 3.34. The van der Waals surface area contributed by atoms with Crippen LogP contribution in [-0.4, -0.2) is 26.1 Å². The molecule has 0 unspecified atom stereocenters. The van der Waals surface area contributed by atoms with Crippen molar-refractivity contribution in [3.63, 3.8) is 0 Å². The monoisotopic (exact) mass is 475 g/mol. The van der Waals surface area contributed by atoms with Crippen LogP contribution in [0, 0.1) is 0 Å². The van der Waals surface area contributed by atoms with Gasteiger partial charge in [0.2, 0.25) is 5.91 Å². The number of carbonyl (C=O) groups excluding carboxylic acids is 1. The molecule has 1 amide bonds. The van der Waals surface area contributed by atoms with E-state index in [1.54, 1.807) is 30.5 Å². The first-order valence-corrected chi connectivity index (χ1v) is 11.1. The lowest BCUT2D eigenvalue weighted by atomic mass is 10.2. The lowest BCUT2D eigenvalue weighted by Gasteiger charge is -2.08. The number of hydrogen-bond acceptors (Lipinski definition) is 6. The molecule has 0 radical (unpaired) electrons. The zero-order chi connectivity index (χ0) is 23.8. The molecule has 0 saturated heterocycles. The summed E-state index contributed by atoms with van der Waals surface area (Å²) in [5.74, 6) is 0.807. The Kier molecular flexibility index (Phi) is 7.62. The molecule has 172 valence electrons. The number of halogens is 1. The molecule has 4 aromatic rings. The van der Waals surface area contributed by atoms with E-state index in [1.165, 1.54) is 0 Å². The minimum atomic E-state index is -0.374. The van der Waals surface area contributed by atoms with Gasteiger partial charge in [-0.25, -0.2) is 0 Å². The van der Waals surface area contributed by atoms with Crippen LogP contribution < -0.4 is 15.6 Å². The maximum Gasteiger partial charge on any atom is 0.273 e. The standard InChI is InChI=1S/C25H22ClN5O3/c26-21-7-2-1-5-18(21)16-34-20-10-8-17(9-11-20)24-29-25(33)22(30-31-24)12-13-23(32)28-15-19-6-3-4-14-27-19/h1-11,14H,12-13,15-16H2,(H,28,32)(H,29,31,33). The molecule has 0 spiro atoms. The Balaban J connectivity index is 1.31. The molecule has 34 heavy (non-hydrogen) atoms. The fraction of sp³-hybridized carbons (Fsp3) is 0.160. The van der Waals surface area contributed by atoms with Crippen LogP contribution in [0.25, 0.3) is 11.4 Å². The quantitative estimate of drug-likeness (QED) is 0.382. The van der Waals surface area contributed by atoms with Gasteiger partial charge >= 0.3 is 0 Å². The van der Waals surface area contributed by atoms with Crippen LogP contribution in [-0.2, 0) is 24.4 Å². The molecule has 4 rings (SSSR count). The summed E-state index contributed by atoms with van der Waals surface area (Å²) in [6.45, 7) is 0.679. The lowest BCUT2D eigenvalue weighted by molar-refractivity contribution is -0.121. The maximum atomic E-state index is 12.4. The molecule has 2 N–H and O–H groups in total. The number of amides is 1. The highest BCUT2D eigenvalue weighted by molar-refractivity contribution is 6.31. The Morgan fingerprint density at radius 3 is 2.53 bits per heavy atom. The average Bonchev–Trinajstić information content (AvgIpc) is 2.87. The van der Waals surface area contributed by atoms with E-state index in [0.29, 0.717) is 35.3 Å². The molecule has 0 aliphatic rings. The molecule has 0 saturated carbocycles. The number of aryl methyl sites for hydroxylation is 1. The summed E-state index contributed by atoms with van der Waals surface area (Å²) in [5, 5.41) is 11.6. The van der Waals surface area contributed by atoms with Gasteiger partial charge in [0.05, 0.1) is 12.2 Å². The predicted octanol–water partition coefficient (Wildman–Crippen LogP) is 3.71. The van der Waals surface area contributed by atoms with Gasteiger partial charge in [0, 0.05) is 35.2 Å². The van der Waals surface area contributed by atoms with Gasteiger partial charge in [0.1, 0.15) is 18.1 Å². The van der Waals surface area contributed by atoms with E-state index in [2.05, 4.69) is 25.5 Å². The third-order valence-corrected chi connectivity index (χ3v) is 5.40. The van der Waals surface area contributed by atoms with Crippen LogP contribution >= 0.6 is 11.6 Å². The molecule has 0 atom stereocenters. The number of carbonyl (C=O) groups is 1. The first-order chi connectivity index (χ1) is 16.6. The Bertz CT molecular complexity index is 1310. The molecule has 0 fully saturated rings. The highest BCUT2D eigenvalue weighted by Gasteiger charge is 2.10. The highest BCUT2D eigenvalue weighted by atomic mass is 35.5. The Labute approximate surface area is 201 Å². The average molecular weight is 476 g/mol. The van der Waals surface area contributed by atoms with Gasteiger partial charge in [0.25, 0.3) is 5.56 Å². The number of rotatable bonds is 9. The highest BCUT2D eigenvalue weighted by Crippen LogP contribution is 2.21. The molecule has 8 nitrogen and oxygen atoms in total. The van der Waals surface area contributed by atoms with Gasteiger partial charge in [-0.1, -0.05) is 35.9 Å². The molecule has 2 aromatic heterocycles. The second-order valence-corrected chi connectivity index (χ2v) is 7.86. The van der Waals surface area contributed by atoms with Gasteiger partial charge in [-0.2, -0.15) is 0 Å². The van der Waals surface area contributed by atoms with Crippen molar-refractivity contribution in [1.82, 2.24) is 25.5 Å². The second-order valence-electron chi connectivity index (χ2n) is 7.45. The van der Waals surface area contributed by atoms with Gasteiger partial charge in [-0.15, -0.1) is 10.2 Å². The lowest BCUT2D eigenvalue weighted by Crippen LogP contribution is -2.25. The van der Waals surface area contributed by atoms with Crippen LogP contribution in [0.15, 0.2) is 77.7 Å². The summed E-state index contributed by atoms with van der Waals surface area (Å²) < 4.78 is 5.77. The largest absolute Gasteiger partial charge is 0.489 e. The van der Waals surface area contributed by atoms with E-state index in [1.807, 2.05) is 42.5 Å². The van der Waals surface area contributed by atoms with Crippen LogP contribution in [0.5, 0.6) is 5.75 Å². The van der Waals surface area contributed by atoms with Crippen LogP contribution in [0.2, 0.25) is 5.02 Å². The first kappa shape index (κ1) is 23.1. The summed E-state index contributed by atoms with van der Waals surface area (Å²) in [6.07, 6.45) is 1.98. The summed E-state index contributed by atoms with van der Waals surface area (Å²) in [5.41, 5.74) is 2.18. The van der Waals surface area contributed by atoms with Crippen molar-refractivity contribution < 1.29 is 9.53 Å². The third kappa shape index (κ3) is 6.26. The molecular formula is C25H22ClN5O3. The van der Waals surface area contributed by atoms with E-state index >= 15 is 0 Å². The number of hydrogen-bond donors (Lipinski definition) is 2. The Morgan fingerprint density at radius 2 is 1.79 bits per heavy atom. The van der Waals surface area contributed by atoms with E-state index in [4.69, 9.17) is 16.3 Å². The molecule has 2 aromatic carbocycles. The summed E-state index contributed by atoms with van der Waals surface area (Å²) in [6, 6.07) is 20.1. The van der Waals surface area contributed by atoms with Gasteiger partial charge in [-0.3, -0.25) is 14.6 Å². The number of ether oxygens (including phenoxy) is 1. The first-order valence-electron chi connectivity index (χ1n) is 10.7. The van der Waals surface area contributed by atoms with Crippen LogP contribution in [0.3, 0.4) is 0 Å². The number of H-pyrrole nitrogens is 1. The minimum absolute atomic E-state index is 0.126. The number of aromatic nitrogens is 4. The summed E-state index contributed by atoms with van der Waals surface area (Å²) >= 11 is 6.15. The molecule has 2 heterocycles. The van der Waals surface area contributed by atoms with Crippen molar-refractivity contribution in [3.8, 4) is 17.1 Å².